The molecule has 2 aliphatic rings. The number of aryl methyl sites for hydroxylation is 2. The Morgan fingerprint density at radius 1 is 1.03 bits per heavy atom. The summed E-state index contributed by atoms with van der Waals surface area (Å²) in [6, 6.07) is 19.6. The maximum atomic E-state index is 13.4. The molecule has 2 amide bonds. The largest absolute Gasteiger partial charge is 0.378 e. The quantitative estimate of drug-likeness (QED) is 0.600. The molecule has 0 aliphatic carbocycles. The Morgan fingerprint density at radius 3 is 2.50 bits per heavy atom. The van der Waals surface area contributed by atoms with Crippen molar-refractivity contribution in [3.63, 3.8) is 0 Å². The van der Waals surface area contributed by atoms with E-state index in [4.69, 9.17) is 4.74 Å². The van der Waals surface area contributed by atoms with Crippen LogP contribution >= 0.6 is 0 Å². The molecule has 0 spiro atoms. The molecular weight excluding hydrogens is 424 g/mol. The molecule has 1 N–H and O–H groups in total. The first-order chi connectivity index (χ1) is 16.6. The molecule has 0 radical (unpaired) electrons. The molecule has 0 saturated carbocycles. The van der Waals surface area contributed by atoms with Gasteiger partial charge in [0.1, 0.15) is 0 Å². The molecule has 0 bridgehead atoms. The lowest BCUT2D eigenvalue weighted by Crippen LogP contribution is -2.52. The van der Waals surface area contributed by atoms with Crippen molar-refractivity contribution in [3.05, 3.63) is 77.0 Å². The van der Waals surface area contributed by atoms with Crippen LogP contribution in [0.15, 0.2) is 54.6 Å². The molecule has 3 aromatic rings. The number of piperidine rings is 1. The van der Waals surface area contributed by atoms with E-state index in [0.29, 0.717) is 38.8 Å². The van der Waals surface area contributed by atoms with Crippen molar-refractivity contribution in [3.8, 4) is 11.3 Å². The number of carbonyl (C=O) groups excluding carboxylic acids is 1. The number of nitrogens with zero attached hydrogens (tertiary/aromatic N) is 3. The number of aromatic amines is 1. The second kappa shape index (κ2) is 10.0. The van der Waals surface area contributed by atoms with E-state index in [1.807, 2.05) is 9.80 Å². The molecule has 1 aromatic heterocycles. The predicted octanol–water partition coefficient (Wildman–Crippen LogP) is 4.97. The Labute approximate surface area is 201 Å². The Morgan fingerprint density at radius 2 is 1.76 bits per heavy atom. The van der Waals surface area contributed by atoms with Crippen LogP contribution in [-0.2, 0) is 11.2 Å². The van der Waals surface area contributed by atoms with Crippen LogP contribution in [0.2, 0.25) is 0 Å². The lowest BCUT2D eigenvalue weighted by atomic mass is 9.82. The maximum Gasteiger partial charge on any atom is 0.320 e. The molecule has 178 valence electrons. The Hall–Kier alpha value is -3.12. The number of likely N-dealkylation sites (tertiary alicyclic amines) is 1. The van der Waals surface area contributed by atoms with Crippen LogP contribution in [0.5, 0.6) is 0 Å². The number of urea groups is 1. The summed E-state index contributed by atoms with van der Waals surface area (Å²) >= 11 is 0. The van der Waals surface area contributed by atoms with E-state index in [9.17, 15) is 4.79 Å². The predicted molar refractivity (Wildman–Crippen MR) is 134 cm³/mol. The van der Waals surface area contributed by atoms with Gasteiger partial charge in [0.25, 0.3) is 0 Å². The number of morpholine rings is 1. The van der Waals surface area contributed by atoms with Crippen molar-refractivity contribution in [2.24, 2.45) is 0 Å². The Bertz CT molecular complexity index is 1120. The molecule has 6 nitrogen and oxygen atoms in total. The van der Waals surface area contributed by atoms with Gasteiger partial charge in [0, 0.05) is 49.3 Å². The van der Waals surface area contributed by atoms with E-state index in [1.54, 1.807) is 0 Å². The smallest absolute Gasteiger partial charge is 0.320 e. The number of ether oxygens (including phenoxy) is 1. The molecule has 2 aliphatic heterocycles. The van der Waals surface area contributed by atoms with E-state index in [-0.39, 0.29) is 11.9 Å². The first-order valence-corrected chi connectivity index (χ1v) is 12.4. The number of nitrogens with one attached hydrogen (secondary N) is 1. The molecule has 2 fully saturated rings. The van der Waals surface area contributed by atoms with Crippen LogP contribution in [-0.4, -0.2) is 65.4 Å². The van der Waals surface area contributed by atoms with Gasteiger partial charge in [-0.3, -0.25) is 5.10 Å². The molecule has 34 heavy (non-hydrogen) atoms. The number of amides is 2. The van der Waals surface area contributed by atoms with Crippen LogP contribution in [0.1, 0.15) is 47.6 Å². The van der Waals surface area contributed by atoms with Crippen molar-refractivity contribution in [2.75, 3.05) is 39.4 Å². The highest BCUT2D eigenvalue weighted by Crippen LogP contribution is 2.37. The molecule has 2 atom stereocenters. The summed E-state index contributed by atoms with van der Waals surface area (Å²) in [6.45, 7) is 8.30. The SMILES string of the molecule is CCc1ccc(C2CC(c3cc(-c4ccccc4C)n[nH]3)CN(C(=O)N3CCOCC3)C2)cc1. The third-order valence-electron chi connectivity index (χ3n) is 7.32. The topological polar surface area (TPSA) is 61.5 Å². The van der Waals surface area contributed by atoms with Crippen LogP contribution in [0, 0.1) is 6.92 Å². The zero-order valence-corrected chi connectivity index (χ0v) is 20.2. The van der Waals surface area contributed by atoms with E-state index < -0.39 is 0 Å². The average molecular weight is 459 g/mol. The zero-order valence-electron chi connectivity index (χ0n) is 20.2. The number of rotatable bonds is 4. The number of benzene rings is 2. The van der Waals surface area contributed by atoms with Gasteiger partial charge in [0.2, 0.25) is 0 Å². The fourth-order valence-electron chi connectivity index (χ4n) is 5.25. The van der Waals surface area contributed by atoms with Gasteiger partial charge in [-0.1, -0.05) is 55.5 Å². The maximum absolute atomic E-state index is 13.4. The Balaban J connectivity index is 1.42. The second-order valence-corrected chi connectivity index (χ2v) is 9.54. The standard InChI is InChI=1S/C28H34N4O2/c1-3-21-8-10-22(11-9-21)23-16-24(19-32(18-23)28(33)31-12-14-34-15-13-31)26-17-27(30-29-26)25-7-5-4-6-20(25)2/h4-11,17,23-24H,3,12-16,18-19H2,1-2H3,(H,29,30). The number of hydrogen-bond acceptors (Lipinski definition) is 3. The van der Waals surface area contributed by atoms with Gasteiger partial charge in [-0.05, 0) is 42.5 Å². The lowest BCUT2D eigenvalue weighted by Gasteiger charge is -2.41. The lowest BCUT2D eigenvalue weighted by molar-refractivity contribution is 0.0398. The molecule has 2 aromatic carbocycles. The molecule has 2 saturated heterocycles. The molecular formula is C28H34N4O2. The third-order valence-corrected chi connectivity index (χ3v) is 7.32. The summed E-state index contributed by atoms with van der Waals surface area (Å²) in [6.07, 6.45) is 2.03. The van der Waals surface area contributed by atoms with Crippen molar-refractivity contribution in [1.29, 1.82) is 0 Å². The van der Waals surface area contributed by atoms with Crippen LogP contribution in [0.4, 0.5) is 4.79 Å². The van der Waals surface area contributed by atoms with Crippen molar-refractivity contribution in [1.82, 2.24) is 20.0 Å². The van der Waals surface area contributed by atoms with Crippen molar-refractivity contribution < 1.29 is 9.53 Å². The summed E-state index contributed by atoms with van der Waals surface area (Å²) in [5.41, 5.74) is 7.08. The summed E-state index contributed by atoms with van der Waals surface area (Å²) in [7, 11) is 0. The van der Waals surface area contributed by atoms with Gasteiger partial charge in [-0.2, -0.15) is 5.10 Å². The monoisotopic (exact) mass is 458 g/mol. The summed E-state index contributed by atoms with van der Waals surface area (Å²) in [5, 5.41) is 7.96. The fourth-order valence-corrected chi connectivity index (χ4v) is 5.25. The highest BCUT2D eigenvalue weighted by Gasteiger charge is 2.35. The summed E-state index contributed by atoms with van der Waals surface area (Å²) < 4.78 is 5.47. The number of hydrogen-bond donors (Lipinski definition) is 1. The summed E-state index contributed by atoms with van der Waals surface area (Å²) in [4.78, 5) is 17.4. The minimum Gasteiger partial charge on any atom is -0.378 e. The van der Waals surface area contributed by atoms with E-state index >= 15 is 0 Å². The van der Waals surface area contributed by atoms with E-state index in [2.05, 4.69) is 78.6 Å². The van der Waals surface area contributed by atoms with Gasteiger partial charge in [0.15, 0.2) is 0 Å². The van der Waals surface area contributed by atoms with Crippen molar-refractivity contribution in [2.45, 2.75) is 38.5 Å². The number of H-pyrrole nitrogens is 1. The fraction of sp³-hybridized carbons (Fsp3) is 0.429. The number of aromatic nitrogens is 2. The normalized spacial score (nSPS) is 21.0. The minimum atomic E-state index is 0.127. The van der Waals surface area contributed by atoms with Gasteiger partial charge in [0.05, 0.1) is 18.9 Å². The van der Waals surface area contributed by atoms with Crippen LogP contribution in [0.25, 0.3) is 11.3 Å². The summed E-state index contributed by atoms with van der Waals surface area (Å²) in [5.74, 6) is 0.500. The highest BCUT2D eigenvalue weighted by atomic mass is 16.5. The Kier molecular flexibility index (Phi) is 6.68. The average Bonchev–Trinajstić information content (AvgIpc) is 3.39. The van der Waals surface area contributed by atoms with Gasteiger partial charge < -0.3 is 14.5 Å². The first kappa shape index (κ1) is 22.7. The molecule has 2 unspecified atom stereocenters. The van der Waals surface area contributed by atoms with Gasteiger partial charge in [-0.15, -0.1) is 0 Å². The van der Waals surface area contributed by atoms with Gasteiger partial charge >= 0.3 is 6.03 Å². The van der Waals surface area contributed by atoms with E-state index in [1.165, 1.54) is 16.7 Å². The zero-order chi connectivity index (χ0) is 23.5. The van der Waals surface area contributed by atoms with Crippen LogP contribution in [0.3, 0.4) is 0 Å². The first-order valence-electron chi connectivity index (χ1n) is 12.4. The second-order valence-electron chi connectivity index (χ2n) is 9.54. The molecule has 6 heteroatoms. The third kappa shape index (κ3) is 4.73. The minimum absolute atomic E-state index is 0.127. The molecule has 5 rings (SSSR count). The van der Waals surface area contributed by atoms with Crippen molar-refractivity contribution >= 4 is 6.03 Å². The highest BCUT2D eigenvalue weighted by molar-refractivity contribution is 5.75. The number of carbonyl (C=O) groups is 1. The van der Waals surface area contributed by atoms with E-state index in [0.717, 1.165) is 36.3 Å². The molecule has 3 heterocycles. The van der Waals surface area contributed by atoms with Crippen LogP contribution < -0.4 is 0 Å². The van der Waals surface area contributed by atoms with Gasteiger partial charge in [-0.25, -0.2) is 4.79 Å².